The zero-order chi connectivity index (χ0) is 28.7. The Kier molecular flexibility index (Phi) is 8.00. The standard InChI is InChI=1S/C23H30ClF2N3O9/c1-20(2,3)37-18(32)28-14-7-8-29(17(31)27-14)13-9-22(13)23(25,26)16(35-19(33)38-21(4,5)6)12(36-22)11-34-15(30)10-24/h7-8,12-13,16H,9-11H2,1-6H3,(H,27,28,31,32)/t12-,13?,16-,22?/m1/s1. The van der Waals surface area contributed by atoms with Crippen LogP contribution in [0.3, 0.4) is 0 Å². The highest BCUT2D eigenvalue weighted by atomic mass is 35.5. The van der Waals surface area contributed by atoms with Crippen molar-refractivity contribution in [3.8, 4) is 0 Å². The molecule has 1 aromatic heterocycles. The third kappa shape index (κ3) is 6.52. The summed E-state index contributed by atoms with van der Waals surface area (Å²) in [6, 6.07) is 0.0327. The number of carbonyl (C=O) groups excluding carboxylic acids is 3. The fourth-order valence-electron chi connectivity index (χ4n) is 3.91. The molecule has 2 fully saturated rings. The number of hydrogen-bond donors (Lipinski definition) is 1. The van der Waals surface area contributed by atoms with Gasteiger partial charge in [-0.25, -0.2) is 14.4 Å². The molecule has 1 saturated carbocycles. The molecular formula is C23H30ClF2N3O9. The van der Waals surface area contributed by atoms with Gasteiger partial charge in [0.2, 0.25) is 6.10 Å². The average molecular weight is 566 g/mol. The molecule has 15 heteroatoms. The summed E-state index contributed by atoms with van der Waals surface area (Å²) in [7, 11) is 0. The second kappa shape index (κ2) is 10.3. The first-order valence-corrected chi connectivity index (χ1v) is 12.2. The maximum Gasteiger partial charge on any atom is 0.509 e. The lowest BCUT2D eigenvalue weighted by Gasteiger charge is -2.26. The first-order valence-electron chi connectivity index (χ1n) is 11.6. The molecule has 1 N–H and O–H groups in total. The summed E-state index contributed by atoms with van der Waals surface area (Å²) in [6.07, 6.45) is -5.16. The molecule has 38 heavy (non-hydrogen) atoms. The van der Waals surface area contributed by atoms with E-state index in [2.05, 4.69) is 10.3 Å². The van der Waals surface area contributed by atoms with Crippen LogP contribution in [0.2, 0.25) is 0 Å². The molecule has 1 saturated heterocycles. The predicted octanol–water partition coefficient (Wildman–Crippen LogP) is 3.41. The van der Waals surface area contributed by atoms with Gasteiger partial charge in [-0.2, -0.15) is 13.8 Å². The molecule has 1 spiro atoms. The minimum Gasteiger partial charge on any atom is -0.462 e. The number of ether oxygens (including phenoxy) is 5. The van der Waals surface area contributed by atoms with Gasteiger partial charge in [0.05, 0.1) is 6.04 Å². The molecule has 212 valence electrons. The van der Waals surface area contributed by atoms with Crippen LogP contribution < -0.4 is 11.0 Å². The quantitative estimate of drug-likeness (QED) is 0.309. The Labute approximate surface area is 221 Å². The minimum atomic E-state index is -3.82. The van der Waals surface area contributed by atoms with Crippen molar-refractivity contribution in [3.05, 3.63) is 22.7 Å². The number of carbonyl (C=O) groups is 3. The van der Waals surface area contributed by atoms with Gasteiger partial charge in [-0.05, 0) is 47.6 Å². The van der Waals surface area contributed by atoms with Crippen molar-refractivity contribution in [2.45, 2.75) is 88.9 Å². The molecule has 1 aliphatic carbocycles. The molecule has 1 aromatic rings. The molecule has 0 bridgehead atoms. The van der Waals surface area contributed by atoms with Crippen LogP contribution in [0.1, 0.15) is 54.0 Å². The van der Waals surface area contributed by atoms with Crippen molar-refractivity contribution in [3.63, 3.8) is 0 Å². The molecule has 2 aliphatic rings. The lowest BCUT2D eigenvalue weighted by molar-refractivity contribution is -0.147. The summed E-state index contributed by atoms with van der Waals surface area (Å²) in [5.74, 6) is -5.39. The Morgan fingerprint density at radius 3 is 2.37 bits per heavy atom. The van der Waals surface area contributed by atoms with Crippen LogP contribution in [-0.2, 0) is 28.5 Å². The number of aromatic nitrogens is 2. The number of nitrogens with one attached hydrogen (secondary N) is 1. The molecule has 0 aromatic carbocycles. The number of halogens is 3. The normalized spacial score (nSPS) is 26.0. The van der Waals surface area contributed by atoms with Crippen molar-refractivity contribution < 1.29 is 46.8 Å². The van der Waals surface area contributed by atoms with Crippen LogP contribution in [0.5, 0.6) is 0 Å². The van der Waals surface area contributed by atoms with Gasteiger partial charge in [-0.1, -0.05) is 0 Å². The summed E-state index contributed by atoms with van der Waals surface area (Å²) in [5, 5.41) is 2.29. The number of anilines is 1. The lowest BCUT2D eigenvalue weighted by atomic mass is 10.0. The van der Waals surface area contributed by atoms with Crippen LogP contribution in [-0.4, -0.2) is 75.2 Å². The number of amides is 1. The molecule has 12 nitrogen and oxygen atoms in total. The van der Waals surface area contributed by atoms with Crippen molar-refractivity contribution in [2.24, 2.45) is 0 Å². The number of hydrogen-bond acceptors (Lipinski definition) is 10. The zero-order valence-electron chi connectivity index (χ0n) is 21.7. The van der Waals surface area contributed by atoms with Gasteiger partial charge >= 0.3 is 29.8 Å². The van der Waals surface area contributed by atoms with Crippen LogP contribution in [0.15, 0.2) is 17.1 Å². The number of esters is 1. The lowest BCUT2D eigenvalue weighted by Crippen LogP contribution is -2.47. The third-order valence-corrected chi connectivity index (χ3v) is 5.64. The van der Waals surface area contributed by atoms with Gasteiger partial charge in [-0.3, -0.25) is 14.7 Å². The first-order chi connectivity index (χ1) is 17.4. The van der Waals surface area contributed by atoms with Crippen molar-refractivity contribution in [1.82, 2.24) is 9.55 Å². The molecular weight excluding hydrogens is 536 g/mol. The van der Waals surface area contributed by atoms with E-state index in [0.717, 1.165) is 4.57 Å². The van der Waals surface area contributed by atoms with E-state index < -0.39 is 77.4 Å². The summed E-state index contributed by atoms with van der Waals surface area (Å²) in [4.78, 5) is 52.0. The second-order valence-corrected chi connectivity index (χ2v) is 11.1. The van der Waals surface area contributed by atoms with E-state index in [-0.39, 0.29) is 12.2 Å². The number of nitrogens with zero attached hydrogens (tertiary/aromatic N) is 2. The Morgan fingerprint density at radius 2 is 1.82 bits per heavy atom. The molecule has 2 heterocycles. The van der Waals surface area contributed by atoms with E-state index in [1.165, 1.54) is 33.0 Å². The monoisotopic (exact) mass is 565 g/mol. The fraction of sp³-hybridized carbons (Fsp3) is 0.696. The van der Waals surface area contributed by atoms with Gasteiger partial charge in [0.1, 0.15) is 35.6 Å². The SMILES string of the molecule is CC(C)(C)OC(=O)Nc1ccn(C2CC23O[C@H](COC(=O)CCl)[C@@H](OC(=O)OC(C)(C)C)C3(F)F)c(=O)n1. The maximum atomic E-state index is 15.7. The first kappa shape index (κ1) is 29.6. The van der Waals surface area contributed by atoms with E-state index in [9.17, 15) is 19.2 Å². The van der Waals surface area contributed by atoms with Crippen molar-refractivity contribution in [2.75, 3.05) is 17.8 Å². The van der Waals surface area contributed by atoms with E-state index in [4.69, 9.17) is 35.3 Å². The predicted molar refractivity (Wildman–Crippen MR) is 127 cm³/mol. The summed E-state index contributed by atoms with van der Waals surface area (Å²) in [6.45, 7) is 8.83. The molecule has 4 atom stereocenters. The van der Waals surface area contributed by atoms with Crippen LogP contribution >= 0.6 is 11.6 Å². The van der Waals surface area contributed by atoms with E-state index in [0.29, 0.717) is 0 Å². The van der Waals surface area contributed by atoms with Crippen molar-refractivity contribution in [1.29, 1.82) is 0 Å². The molecule has 3 rings (SSSR count). The Hall–Kier alpha value is -3.00. The number of alkyl halides is 3. The molecule has 1 aliphatic heterocycles. The maximum absolute atomic E-state index is 15.7. The number of rotatable bonds is 6. The average Bonchev–Trinajstić information content (AvgIpc) is 3.43. The highest BCUT2D eigenvalue weighted by molar-refractivity contribution is 6.26. The molecule has 1 amide bonds. The smallest absolute Gasteiger partial charge is 0.462 e. The van der Waals surface area contributed by atoms with E-state index in [1.807, 2.05) is 0 Å². The molecule has 2 unspecified atom stereocenters. The van der Waals surface area contributed by atoms with Crippen LogP contribution in [0.4, 0.5) is 24.2 Å². The highest BCUT2D eigenvalue weighted by Gasteiger charge is 2.81. The van der Waals surface area contributed by atoms with Crippen LogP contribution in [0.25, 0.3) is 0 Å². The largest absolute Gasteiger partial charge is 0.509 e. The summed E-state index contributed by atoms with van der Waals surface area (Å²) >= 11 is 5.40. The highest BCUT2D eigenvalue weighted by Crippen LogP contribution is 2.65. The topological polar surface area (TPSA) is 144 Å². The Balaban J connectivity index is 1.82. The van der Waals surface area contributed by atoms with Gasteiger partial charge in [0.25, 0.3) is 0 Å². The van der Waals surface area contributed by atoms with Gasteiger partial charge in [0.15, 0.2) is 5.60 Å². The van der Waals surface area contributed by atoms with Crippen LogP contribution in [0, 0.1) is 0 Å². The van der Waals surface area contributed by atoms with E-state index >= 15 is 8.78 Å². The fourth-order valence-corrected chi connectivity index (χ4v) is 3.99. The van der Waals surface area contributed by atoms with Gasteiger partial charge in [0, 0.05) is 12.6 Å². The summed E-state index contributed by atoms with van der Waals surface area (Å²) < 4.78 is 57.9. The van der Waals surface area contributed by atoms with Crippen molar-refractivity contribution >= 4 is 35.6 Å². The summed E-state index contributed by atoms with van der Waals surface area (Å²) in [5.41, 5.74) is -5.03. The van der Waals surface area contributed by atoms with E-state index in [1.54, 1.807) is 20.8 Å². The Morgan fingerprint density at radius 1 is 1.18 bits per heavy atom. The molecule has 0 radical (unpaired) electrons. The third-order valence-electron chi connectivity index (χ3n) is 5.42. The zero-order valence-corrected chi connectivity index (χ0v) is 22.5. The Bertz CT molecular complexity index is 1150. The van der Waals surface area contributed by atoms with Gasteiger partial charge in [-0.15, -0.1) is 11.6 Å². The van der Waals surface area contributed by atoms with Gasteiger partial charge < -0.3 is 23.7 Å². The second-order valence-electron chi connectivity index (χ2n) is 10.8. The minimum absolute atomic E-state index is 0.147.